The van der Waals surface area contributed by atoms with E-state index >= 15 is 0 Å². The van der Waals surface area contributed by atoms with E-state index in [2.05, 4.69) is 0 Å². The quantitative estimate of drug-likeness (QED) is 0.818. The summed E-state index contributed by atoms with van der Waals surface area (Å²) in [7, 11) is -0.742. The third-order valence-corrected chi connectivity index (χ3v) is 7.26. The Balaban J connectivity index is 2.23. The van der Waals surface area contributed by atoms with Gasteiger partial charge >= 0.3 is 5.69 Å². The van der Waals surface area contributed by atoms with Crippen LogP contribution in [0, 0.1) is 0 Å². The molecule has 1 aliphatic rings. The molecule has 3 rings (SSSR count). The van der Waals surface area contributed by atoms with E-state index in [0.29, 0.717) is 5.52 Å². The molecule has 1 aliphatic heterocycles. The van der Waals surface area contributed by atoms with Gasteiger partial charge in [-0.05, 0) is 44.4 Å². The van der Waals surface area contributed by atoms with Crippen molar-refractivity contribution >= 4 is 20.9 Å². The van der Waals surface area contributed by atoms with Crippen LogP contribution in [0.2, 0.25) is 0 Å². The van der Waals surface area contributed by atoms with Gasteiger partial charge in [0.25, 0.3) is 5.56 Å². The lowest BCUT2D eigenvalue weighted by molar-refractivity contribution is 0.329. The number of fused-ring (bicyclic) bond motifs is 1. The molecule has 2 atom stereocenters. The average molecular weight is 365 g/mol. The first kappa shape index (κ1) is 17.9. The van der Waals surface area contributed by atoms with E-state index in [1.54, 1.807) is 11.4 Å². The summed E-state index contributed by atoms with van der Waals surface area (Å²) < 4.78 is 30.2. The number of nitrogens with zero attached hydrogens (tertiary/aromatic N) is 3. The number of sulfonamides is 1. The normalized spacial score (nSPS) is 21.9. The molecule has 1 aromatic heterocycles. The second-order valence-electron chi connectivity index (χ2n) is 6.71. The third kappa shape index (κ3) is 2.64. The van der Waals surface area contributed by atoms with E-state index in [-0.39, 0.29) is 22.4 Å². The van der Waals surface area contributed by atoms with Crippen molar-refractivity contribution in [2.45, 2.75) is 50.1 Å². The summed E-state index contributed by atoms with van der Waals surface area (Å²) in [6.45, 7) is 3.90. The molecule has 25 heavy (non-hydrogen) atoms. The zero-order valence-electron chi connectivity index (χ0n) is 14.9. The molecule has 1 aromatic carbocycles. The fourth-order valence-corrected chi connectivity index (χ4v) is 5.70. The van der Waals surface area contributed by atoms with E-state index < -0.39 is 21.3 Å². The predicted molar refractivity (Wildman–Crippen MR) is 96.2 cm³/mol. The Morgan fingerprint density at radius 1 is 1.12 bits per heavy atom. The first-order chi connectivity index (χ1) is 11.7. The highest BCUT2D eigenvalue weighted by Gasteiger charge is 2.39. The smallest absolute Gasteiger partial charge is 0.296 e. The molecule has 2 aromatic rings. The lowest BCUT2D eigenvalue weighted by atomic mass is 10.2. The summed E-state index contributed by atoms with van der Waals surface area (Å²) in [5.74, 6) is 0. The van der Waals surface area contributed by atoms with Gasteiger partial charge in [0.2, 0.25) is 10.0 Å². The number of benzene rings is 1. The maximum Gasteiger partial charge on any atom is 0.330 e. The van der Waals surface area contributed by atoms with Crippen molar-refractivity contribution < 1.29 is 8.42 Å². The molecule has 0 aliphatic carbocycles. The summed E-state index contributed by atoms with van der Waals surface area (Å²) in [5.41, 5.74) is -0.502. The van der Waals surface area contributed by atoms with Crippen LogP contribution in [0.1, 0.15) is 33.1 Å². The van der Waals surface area contributed by atoms with Crippen LogP contribution in [0.25, 0.3) is 10.9 Å². The Kier molecular flexibility index (Phi) is 4.36. The molecule has 1 saturated heterocycles. The number of aromatic nitrogens is 2. The van der Waals surface area contributed by atoms with E-state index in [9.17, 15) is 18.0 Å². The molecule has 7 nitrogen and oxygen atoms in total. The SMILES string of the molecule is CC[C@@H]1CC[C@H](C)N1S(=O)(=O)c1ccc2c(c1)c(=O)n(C)c(=O)n2C. The van der Waals surface area contributed by atoms with Gasteiger partial charge in [0.1, 0.15) is 0 Å². The largest absolute Gasteiger partial charge is 0.330 e. The van der Waals surface area contributed by atoms with Crippen LogP contribution in [0.15, 0.2) is 32.7 Å². The Labute approximate surface area is 146 Å². The Morgan fingerprint density at radius 3 is 2.44 bits per heavy atom. The minimum Gasteiger partial charge on any atom is -0.296 e. The van der Waals surface area contributed by atoms with Crippen LogP contribution in [0.4, 0.5) is 0 Å². The average Bonchev–Trinajstić information content (AvgIpc) is 2.99. The van der Waals surface area contributed by atoms with Crippen molar-refractivity contribution in [1.29, 1.82) is 0 Å². The molecule has 0 unspecified atom stereocenters. The maximum absolute atomic E-state index is 13.2. The molecule has 2 heterocycles. The summed E-state index contributed by atoms with van der Waals surface area (Å²) in [6.07, 6.45) is 2.44. The highest BCUT2D eigenvalue weighted by molar-refractivity contribution is 7.89. The molecule has 0 amide bonds. The van der Waals surface area contributed by atoms with Crippen LogP contribution in [-0.4, -0.2) is 33.9 Å². The van der Waals surface area contributed by atoms with Gasteiger partial charge in [-0.3, -0.25) is 13.9 Å². The fourth-order valence-electron chi connectivity index (χ4n) is 3.72. The molecule has 1 fully saturated rings. The first-order valence-corrected chi connectivity index (χ1v) is 9.87. The zero-order chi connectivity index (χ0) is 18.5. The van der Waals surface area contributed by atoms with Crippen LogP contribution < -0.4 is 11.2 Å². The van der Waals surface area contributed by atoms with Crippen molar-refractivity contribution in [1.82, 2.24) is 13.4 Å². The van der Waals surface area contributed by atoms with Crippen LogP contribution in [0.5, 0.6) is 0 Å². The van der Waals surface area contributed by atoms with E-state index in [1.807, 2.05) is 13.8 Å². The van der Waals surface area contributed by atoms with E-state index in [0.717, 1.165) is 23.8 Å². The Morgan fingerprint density at radius 2 is 1.80 bits per heavy atom. The van der Waals surface area contributed by atoms with E-state index in [1.165, 1.54) is 29.8 Å². The lowest BCUT2D eigenvalue weighted by Crippen LogP contribution is -2.40. The molecule has 136 valence electrons. The van der Waals surface area contributed by atoms with Crippen LogP contribution >= 0.6 is 0 Å². The van der Waals surface area contributed by atoms with E-state index in [4.69, 9.17) is 0 Å². The third-order valence-electron chi connectivity index (χ3n) is 5.20. The molecular formula is C17H23N3O4S. The zero-order valence-corrected chi connectivity index (χ0v) is 15.7. The molecule has 0 saturated carbocycles. The molecule has 0 spiro atoms. The molecular weight excluding hydrogens is 342 g/mol. The van der Waals surface area contributed by atoms with Gasteiger partial charge in [0, 0.05) is 26.2 Å². The summed E-state index contributed by atoms with van der Waals surface area (Å²) in [5, 5.41) is 0.227. The van der Waals surface area contributed by atoms with Crippen molar-refractivity contribution in [3.8, 4) is 0 Å². The van der Waals surface area contributed by atoms with Gasteiger partial charge < -0.3 is 0 Å². The highest BCUT2D eigenvalue weighted by Crippen LogP contribution is 2.32. The van der Waals surface area contributed by atoms with Gasteiger partial charge in [0.05, 0.1) is 15.8 Å². The standard InChI is InChI=1S/C17H23N3O4S/c1-5-12-7-6-11(2)20(12)25(23,24)13-8-9-15-14(10-13)16(21)19(4)17(22)18(15)3/h8-12H,5-7H2,1-4H3/t11-,12+/m0/s1. The van der Waals surface area contributed by atoms with Crippen molar-refractivity contribution in [3.63, 3.8) is 0 Å². The maximum atomic E-state index is 13.2. The second kappa shape index (κ2) is 6.10. The van der Waals surface area contributed by atoms with Crippen LogP contribution in [0.3, 0.4) is 0 Å². The van der Waals surface area contributed by atoms with Crippen LogP contribution in [-0.2, 0) is 24.1 Å². The van der Waals surface area contributed by atoms with Gasteiger partial charge in [0.15, 0.2) is 0 Å². The lowest BCUT2D eigenvalue weighted by Gasteiger charge is -2.27. The van der Waals surface area contributed by atoms with Crippen molar-refractivity contribution in [3.05, 3.63) is 39.0 Å². The first-order valence-electron chi connectivity index (χ1n) is 8.43. The molecule has 0 N–H and O–H groups in total. The topological polar surface area (TPSA) is 81.4 Å². The molecule has 0 bridgehead atoms. The highest BCUT2D eigenvalue weighted by atomic mass is 32.2. The van der Waals surface area contributed by atoms with Gasteiger partial charge in [-0.2, -0.15) is 4.31 Å². The number of hydrogen-bond donors (Lipinski definition) is 0. The number of aryl methyl sites for hydroxylation is 1. The number of hydrogen-bond acceptors (Lipinski definition) is 4. The fraction of sp³-hybridized carbons (Fsp3) is 0.529. The molecule has 8 heteroatoms. The van der Waals surface area contributed by atoms with Gasteiger partial charge in [-0.25, -0.2) is 13.2 Å². The number of rotatable bonds is 3. The monoisotopic (exact) mass is 365 g/mol. The minimum atomic E-state index is -3.70. The summed E-state index contributed by atoms with van der Waals surface area (Å²) in [4.78, 5) is 24.5. The predicted octanol–water partition coefficient (Wildman–Crippen LogP) is 1.19. The van der Waals surface area contributed by atoms with Gasteiger partial charge in [-0.1, -0.05) is 6.92 Å². The second-order valence-corrected chi connectivity index (χ2v) is 8.55. The summed E-state index contributed by atoms with van der Waals surface area (Å²) >= 11 is 0. The molecule has 0 radical (unpaired) electrons. The van der Waals surface area contributed by atoms with Crippen molar-refractivity contribution in [2.75, 3.05) is 0 Å². The van der Waals surface area contributed by atoms with Gasteiger partial charge in [-0.15, -0.1) is 0 Å². The minimum absolute atomic E-state index is 0.0151. The Bertz CT molecular complexity index is 1050. The Hall–Kier alpha value is -1.93. The summed E-state index contributed by atoms with van der Waals surface area (Å²) in [6, 6.07) is 4.33. The van der Waals surface area contributed by atoms with Crippen molar-refractivity contribution in [2.24, 2.45) is 14.1 Å².